The molecule has 0 rings (SSSR count). The van der Waals surface area contributed by atoms with Gasteiger partial charge in [-0.1, -0.05) is 40.0 Å². The fourth-order valence-corrected chi connectivity index (χ4v) is 1.31. The number of aliphatic hydroxyl groups is 1. The van der Waals surface area contributed by atoms with Crippen LogP contribution in [0.4, 0.5) is 0 Å². The van der Waals surface area contributed by atoms with Gasteiger partial charge in [0.1, 0.15) is 0 Å². The Morgan fingerprint density at radius 3 is 2.00 bits per heavy atom. The summed E-state index contributed by atoms with van der Waals surface area (Å²) >= 11 is 0. The number of hydrogen-bond donors (Lipinski definition) is 1. The zero-order valence-electron chi connectivity index (χ0n) is 8.14. The van der Waals surface area contributed by atoms with Crippen molar-refractivity contribution in [3.05, 3.63) is 0 Å². The summed E-state index contributed by atoms with van der Waals surface area (Å²) in [7, 11) is 0. The summed E-state index contributed by atoms with van der Waals surface area (Å²) in [6.07, 6.45) is 5.04. The third-order valence-corrected chi connectivity index (χ3v) is 2.53. The van der Waals surface area contributed by atoms with Crippen LogP contribution in [0.3, 0.4) is 0 Å². The molecule has 0 saturated carbocycles. The predicted molar refractivity (Wildman–Crippen MR) is 49.6 cm³/mol. The second-order valence-corrected chi connectivity index (χ2v) is 3.55. The summed E-state index contributed by atoms with van der Waals surface area (Å²) in [5, 5.41) is 8.79. The number of rotatable bonds is 6. The Balaban J connectivity index is 3.34. The highest BCUT2D eigenvalue weighted by atomic mass is 16.3. The van der Waals surface area contributed by atoms with Crippen molar-refractivity contribution in [2.45, 2.75) is 46.5 Å². The van der Waals surface area contributed by atoms with Crippen molar-refractivity contribution in [3.63, 3.8) is 0 Å². The van der Waals surface area contributed by atoms with Gasteiger partial charge in [0.2, 0.25) is 0 Å². The van der Waals surface area contributed by atoms with E-state index in [4.69, 9.17) is 5.11 Å². The third kappa shape index (κ3) is 5.25. The summed E-state index contributed by atoms with van der Waals surface area (Å²) in [6.45, 7) is 6.96. The van der Waals surface area contributed by atoms with Gasteiger partial charge in [-0.2, -0.15) is 0 Å². The van der Waals surface area contributed by atoms with Crippen molar-refractivity contribution in [1.82, 2.24) is 0 Å². The van der Waals surface area contributed by atoms with E-state index in [2.05, 4.69) is 20.8 Å². The van der Waals surface area contributed by atoms with E-state index >= 15 is 0 Å². The molecule has 0 aromatic carbocycles. The largest absolute Gasteiger partial charge is 0.396 e. The van der Waals surface area contributed by atoms with Crippen LogP contribution in [-0.2, 0) is 0 Å². The van der Waals surface area contributed by atoms with Crippen molar-refractivity contribution in [2.75, 3.05) is 6.61 Å². The second-order valence-electron chi connectivity index (χ2n) is 3.55. The number of aliphatic hydroxyl groups excluding tert-OH is 1. The Bertz CT molecular complexity index is 76.9. The third-order valence-electron chi connectivity index (χ3n) is 2.53. The summed E-state index contributed by atoms with van der Waals surface area (Å²) in [6, 6.07) is 0. The van der Waals surface area contributed by atoms with Gasteiger partial charge in [0.25, 0.3) is 0 Å². The zero-order valence-corrected chi connectivity index (χ0v) is 8.14. The van der Waals surface area contributed by atoms with Gasteiger partial charge in [-0.25, -0.2) is 0 Å². The molecule has 11 heavy (non-hydrogen) atoms. The van der Waals surface area contributed by atoms with Crippen molar-refractivity contribution in [1.29, 1.82) is 0 Å². The Morgan fingerprint density at radius 2 is 1.64 bits per heavy atom. The minimum Gasteiger partial charge on any atom is -0.396 e. The van der Waals surface area contributed by atoms with E-state index in [-0.39, 0.29) is 0 Å². The molecule has 0 aliphatic heterocycles. The van der Waals surface area contributed by atoms with Crippen molar-refractivity contribution >= 4 is 0 Å². The lowest BCUT2D eigenvalue weighted by Crippen LogP contribution is -2.04. The lowest BCUT2D eigenvalue weighted by Gasteiger charge is -2.14. The molecule has 0 aromatic heterocycles. The van der Waals surface area contributed by atoms with E-state index in [1.54, 1.807) is 0 Å². The highest BCUT2D eigenvalue weighted by Gasteiger charge is 2.05. The first-order chi connectivity index (χ1) is 5.24. The van der Waals surface area contributed by atoms with Gasteiger partial charge in [0.05, 0.1) is 0 Å². The van der Waals surface area contributed by atoms with E-state index in [1.165, 1.54) is 25.7 Å². The molecule has 0 fully saturated rings. The van der Waals surface area contributed by atoms with Gasteiger partial charge >= 0.3 is 0 Å². The van der Waals surface area contributed by atoms with Gasteiger partial charge in [-0.3, -0.25) is 0 Å². The molecule has 0 aliphatic rings. The Morgan fingerprint density at radius 1 is 1.09 bits per heavy atom. The molecule has 0 saturated heterocycles. The average molecular weight is 158 g/mol. The molecule has 68 valence electrons. The van der Waals surface area contributed by atoms with Gasteiger partial charge < -0.3 is 5.11 Å². The normalized spacial score (nSPS) is 13.9. The summed E-state index contributed by atoms with van der Waals surface area (Å²) in [5.41, 5.74) is 0. The van der Waals surface area contributed by atoms with Crippen LogP contribution in [0.15, 0.2) is 0 Å². The molecule has 0 amide bonds. The molecule has 0 aromatic rings. The van der Waals surface area contributed by atoms with E-state index in [0.29, 0.717) is 12.5 Å². The van der Waals surface area contributed by atoms with Gasteiger partial charge in [-0.05, 0) is 18.3 Å². The first kappa shape index (κ1) is 11.0. The fourth-order valence-electron chi connectivity index (χ4n) is 1.31. The maximum absolute atomic E-state index is 8.79. The zero-order chi connectivity index (χ0) is 8.69. The standard InChI is InChI=1S/C10H22O/c1-4-10(5-2)7-6-9(3)8-11/h9-11H,4-8H2,1-3H3. The molecule has 1 nitrogen and oxygen atoms in total. The number of hydrogen-bond acceptors (Lipinski definition) is 1. The molecular weight excluding hydrogens is 136 g/mol. The van der Waals surface area contributed by atoms with Crippen LogP contribution in [0.25, 0.3) is 0 Å². The van der Waals surface area contributed by atoms with E-state index in [0.717, 1.165) is 5.92 Å². The molecule has 1 atom stereocenters. The van der Waals surface area contributed by atoms with Gasteiger partial charge in [-0.15, -0.1) is 0 Å². The lowest BCUT2D eigenvalue weighted by molar-refractivity contribution is 0.220. The van der Waals surface area contributed by atoms with Crippen LogP contribution in [0, 0.1) is 11.8 Å². The van der Waals surface area contributed by atoms with Gasteiger partial charge in [0, 0.05) is 6.61 Å². The van der Waals surface area contributed by atoms with Crippen molar-refractivity contribution in [2.24, 2.45) is 11.8 Å². The fraction of sp³-hybridized carbons (Fsp3) is 1.00. The lowest BCUT2D eigenvalue weighted by atomic mass is 9.93. The molecule has 0 heterocycles. The highest BCUT2D eigenvalue weighted by Crippen LogP contribution is 2.17. The molecular formula is C10H22O. The highest BCUT2D eigenvalue weighted by molar-refractivity contribution is 4.58. The average Bonchev–Trinajstić information content (AvgIpc) is 2.06. The smallest absolute Gasteiger partial charge is 0.0456 e. The van der Waals surface area contributed by atoms with E-state index in [1.807, 2.05) is 0 Å². The summed E-state index contributed by atoms with van der Waals surface area (Å²) < 4.78 is 0. The van der Waals surface area contributed by atoms with Crippen LogP contribution in [0.5, 0.6) is 0 Å². The topological polar surface area (TPSA) is 20.2 Å². The van der Waals surface area contributed by atoms with E-state index < -0.39 is 0 Å². The predicted octanol–water partition coefficient (Wildman–Crippen LogP) is 2.83. The van der Waals surface area contributed by atoms with Crippen molar-refractivity contribution in [3.8, 4) is 0 Å². The molecule has 0 bridgehead atoms. The molecule has 1 N–H and O–H groups in total. The van der Waals surface area contributed by atoms with Gasteiger partial charge in [0.15, 0.2) is 0 Å². The van der Waals surface area contributed by atoms with E-state index in [9.17, 15) is 0 Å². The Kier molecular flexibility index (Phi) is 6.63. The first-order valence-corrected chi connectivity index (χ1v) is 4.85. The quantitative estimate of drug-likeness (QED) is 0.630. The summed E-state index contributed by atoms with van der Waals surface area (Å²) in [4.78, 5) is 0. The maximum atomic E-state index is 8.79. The van der Waals surface area contributed by atoms with Crippen LogP contribution >= 0.6 is 0 Å². The molecule has 1 heteroatoms. The Hall–Kier alpha value is -0.0400. The SMILES string of the molecule is CCC(CC)CCC(C)CO. The first-order valence-electron chi connectivity index (χ1n) is 4.85. The second kappa shape index (κ2) is 6.66. The van der Waals surface area contributed by atoms with Crippen LogP contribution < -0.4 is 0 Å². The monoisotopic (exact) mass is 158 g/mol. The molecule has 0 spiro atoms. The minimum atomic E-state index is 0.347. The molecule has 0 aliphatic carbocycles. The van der Waals surface area contributed by atoms with Crippen LogP contribution in [-0.4, -0.2) is 11.7 Å². The Labute approximate surface area is 70.8 Å². The van der Waals surface area contributed by atoms with Crippen LogP contribution in [0.2, 0.25) is 0 Å². The molecule has 0 radical (unpaired) electrons. The summed E-state index contributed by atoms with van der Waals surface area (Å²) in [5.74, 6) is 1.37. The molecule has 1 unspecified atom stereocenters. The maximum Gasteiger partial charge on any atom is 0.0456 e. The van der Waals surface area contributed by atoms with Crippen LogP contribution in [0.1, 0.15) is 46.5 Å². The van der Waals surface area contributed by atoms with Crippen molar-refractivity contribution < 1.29 is 5.11 Å². The minimum absolute atomic E-state index is 0.347.